The average molecular weight is 334 g/mol. The summed E-state index contributed by atoms with van der Waals surface area (Å²) in [5.41, 5.74) is 1.38. The molecule has 0 saturated carbocycles. The Labute approximate surface area is 144 Å². The number of fused-ring (bicyclic) bond motifs is 2. The summed E-state index contributed by atoms with van der Waals surface area (Å²) in [4.78, 5) is 0. The van der Waals surface area contributed by atoms with Crippen molar-refractivity contribution in [1.82, 2.24) is 0 Å². The van der Waals surface area contributed by atoms with Crippen LogP contribution in [0.1, 0.15) is 23.3 Å². The topological polar surface area (TPSA) is 69.9 Å². The number of aliphatic hydroxyl groups excluding tert-OH is 3. The van der Waals surface area contributed by atoms with E-state index in [9.17, 15) is 15.3 Å². The molecule has 4 nitrogen and oxygen atoms in total. The molecule has 0 spiro atoms. The predicted molar refractivity (Wildman–Crippen MR) is 96.9 cm³/mol. The number of ether oxygens (including phenoxy) is 1. The zero-order chi connectivity index (χ0) is 17.3. The van der Waals surface area contributed by atoms with Gasteiger partial charge in [-0.25, -0.2) is 0 Å². The van der Waals surface area contributed by atoms with Crippen LogP contribution in [-0.4, -0.2) is 34.6 Å². The Morgan fingerprint density at radius 3 is 2.20 bits per heavy atom. The molecular weight excluding hydrogens is 316 g/mol. The van der Waals surface area contributed by atoms with E-state index in [0.29, 0.717) is 5.56 Å². The molecule has 0 amide bonds. The molecule has 25 heavy (non-hydrogen) atoms. The first-order valence-electron chi connectivity index (χ1n) is 8.39. The summed E-state index contributed by atoms with van der Waals surface area (Å²) < 4.78 is 5.52. The van der Waals surface area contributed by atoms with Gasteiger partial charge in [-0.15, -0.1) is 0 Å². The van der Waals surface area contributed by atoms with Crippen molar-refractivity contribution in [1.29, 1.82) is 0 Å². The highest BCUT2D eigenvalue weighted by molar-refractivity contribution is 6.23. The van der Waals surface area contributed by atoms with Gasteiger partial charge in [0.1, 0.15) is 24.4 Å². The summed E-state index contributed by atoms with van der Waals surface area (Å²) in [5, 5.41) is 37.7. The van der Waals surface area contributed by atoms with Gasteiger partial charge in [0, 0.05) is 7.11 Å². The average Bonchev–Trinajstić information content (AvgIpc) is 2.65. The number of hydrogen-bond donors (Lipinski definition) is 3. The molecule has 0 radical (unpaired) electrons. The van der Waals surface area contributed by atoms with E-state index < -0.39 is 24.4 Å². The van der Waals surface area contributed by atoms with Crippen LogP contribution in [0.5, 0.6) is 0 Å². The number of rotatable bonds is 1. The van der Waals surface area contributed by atoms with Gasteiger partial charge >= 0.3 is 0 Å². The standard InChI is InChI=1S/C21H18O4/c1-25-21-17-13-8-7-11-4-2-3-10-5-6-12(16(13)15(10)11)9-14(17)18(22)19(23)20(21)24/h2-9,18-24H,1H3/t18-,19+,20-,21-/m1/s1. The molecule has 0 aromatic heterocycles. The highest BCUT2D eigenvalue weighted by Gasteiger charge is 2.42. The fraction of sp³-hybridized carbons (Fsp3) is 0.238. The first kappa shape index (κ1) is 15.0. The van der Waals surface area contributed by atoms with Crippen LogP contribution in [0.15, 0.2) is 48.5 Å². The maximum absolute atomic E-state index is 10.5. The lowest BCUT2D eigenvalue weighted by Gasteiger charge is -2.37. The van der Waals surface area contributed by atoms with Gasteiger partial charge in [-0.1, -0.05) is 42.5 Å². The zero-order valence-electron chi connectivity index (χ0n) is 13.7. The van der Waals surface area contributed by atoms with Crippen LogP contribution in [0, 0.1) is 0 Å². The lowest BCUT2D eigenvalue weighted by Crippen LogP contribution is -2.42. The van der Waals surface area contributed by atoms with E-state index in [4.69, 9.17) is 4.74 Å². The molecule has 4 aromatic carbocycles. The van der Waals surface area contributed by atoms with Crippen molar-refractivity contribution in [3.63, 3.8) is 0 Å². The number of benzene rings is 4. The van der Waals surface area contributed by atoms with Gasteiger partial charge in [0.25, 0.3) is 0 Å². The molecule has 0 fully saturated rings. The quantitative estimate of drug-likeness (QED) is 0.468. The Bertz CT molecular complexity index is 1090. The smallest absolute Gasteiger partial charge is 0.113 e. The Morgan fingerprint density at radius 1 is 0.800 bits per heavy atom. The molecule has 5 rings (SSSR count). The van der Waals surface area contributed by atoms with Crippen LogP contribution >= 0.6 is 0 Å². The molecule has 4 aromatic rings. The Kier molecular flexibility index (Phi) is 3.09. The summed E-state index contributed by atoms with van der Waals surface area (Å²) in [6, 6.07) is 16.3. The molecule has 4 heteroatoms. The summed E-state index contributed by atoms with van der Waals surface area (Å²) in [6.07, 6.45) is -4.27. The van der Waals surface area contributed by atoms with Gasteiger partial charge in [0.15, 0.2) is 0 Å². The number of methoxy groups -OCH3 is 1. The van der Waals surface area contributed by atoms with Crippen LogP contribution in [0.2, 0.25) is 0 Å². The van der Waals surface area contributed by atoms with E-state index in [-0.39, 0.29) is 0 Å². The molecule has 0 bridgehead atoms. The van der Waals surface area contributed by atoms with Gasteiger partial charge in [-0.05, 0) is 49.5 Å². The number of aliphatic hydroxyl groups is 3. The van der Waals surface area contributed by atoms with Crippen molar-refractivity contribution in [3.05, 3.63) is 59.7 Å². The second kappa shape index (κ2) is 5.13. The molecule has 0 saturated heterocycles. The Hall–Kier alpha value is -2.24. The van der Waals surface area contributed by atoms with Gasteiger partial charge in [-0.2, -0.15) is 0 Å². The van der Waals surface area contributed by atoms with Crippen LogP contribution in [-0.2, 0) is 4.74 Å². The van der Waals surface area contributed by atoms with Gasteiger partial charge < -0.3 is 20.1 Å². The Morgan fingerprint density at radius 2 is 1.48 bits per heavy atom. The van der Waals surface area contributed by atoms with Crippen molar-refractivity contribution in [3.8, 4) is 0 Å². The summed E-state index contributed by atoms with van der Waals surface area (Å²) >= 11 is 0. The van der Waals surface area contributed by atoms with Crippen molar-refractivity contribution < 1.29 is 20.1 Å². The van der Waals surface area contributed by atoms with Gasteiger partial charge in [0.2, 0.25) is 0 Å². The third kappa shape index (κ3) is 1.85. The highest BCUT2D eigenvalue weighted by Crippen LogP contribution is 2.46. The molecule has 3 N–H and O–H groups in total. The molecule has 1 aliphatic carbocycles. The minimum absolute atomic E-state index is 0.621. The maximum atomic E-state index is 10.5. The van der Waals surface area contributed by atoms with E-state index in [1.165, 1.54) is 12.5 Å². The maximum Gasteiger partial charge on any atom is 0.113 e. The van der Waals surface area contributed by atoms with Crippen molar-refractivity contribution in [2.75, 3.05) is 7.11 Å². The minimum atomic E-state index is -1.27. The van der Waals surface area contributed by atoms with E-state index >= 15 is 0 Å². The SMILES string of the molecule is CO[C@@H]1c2c(cc3ccc4cccc5ccc2c3c45)[C@@H](O)[C@H](O)[C@H]1O. The van der Waals surface area contributed by atoms with Crippen LogP contribution in [0.25, 0.3) is 32.3 Å². The van der Waals surface area contributed by atoms with E-state index in [0.717, 1.165) is 32.5 Å². The van der Waals surface area contributed by atoms with E-state index in [2.05, 4.69) is 24.3 Å². The van der Waals surface area contributed by atoms with Crippen molar-refractivity contribution in [2.45, 2.75) is 24.4 Å². The molecule has 0 aliphatic heterocycles. The van der Waals surface area contributed by atoms with Crippen molar-refractivity contribution in [2.24, 2.45) is 0 Å². The molecular formula is C21H18O4. The number of hydrogen-bond acceptors (Lipinski definition) is 4. The fourth-order valence-electron chi connectivity index (χ4n) is 4.39. The summed E-state index contributed by atoms with van der Waals surface area (Å²) in [5.74, 6) is 0. The third-order valence-electron chi connectivity index (χ3n) is 5.56. The van der Waals surface area contributed by atoms with Crippen LogP contribution in [0.3, 0.4) is 0 Å². The highest BCUT2D eigenvalue weighted by atomic mass is 16.5. The van der Waals surface area contributed by atoms with Crippen LogP contribution in [0.4, 0.5) is 0 Å². The molecule has 4 atom stereocenters. The minimum Gasteiger partial charge on any atom is -0.387 e. The zero-order valence-corrected chi connectivity index (χ0v) is 13.7. The Balaban J connectivity index is 1.99. The van der Waals surface area contributed by atoms with Crippen LogP contribution < -0.4 is 0 Å². The predicted octanol–water partition coefficient (Wildman–Crippen LogP) is 3.04. The summed E-state index contributed by atoms with van der Waals surface area (Å²) in [6.45, 7) is 0. The summed E-state index contributed by atoms with van der Waals surface area (Å²) in [7, 11) is 1.51. The van der Waals surface area contributed by atoms with Crippen molar-refractivity contribution >= 4 is 32.3 Å². The fourth-order valence-corrected chi connectivity index (χ4v) is 4.39. The van der Waals surface area contributed by atoms with E-state index in [1.54, 1.807) is 0 Å². The van der Waals surface area contributed by atoms with E-state index in [1.807, 2.05) is 24.3 Å². The second-order valence-corrected chi connectivity index (χ2v) is 6.82. The monoisotopic (exact) mass is 334 g/mol. The molecule has 126 valence electrons. The molecule has 1 aliphatic rings. The lowest BCUT2D eigenvalue weighted by atomic mass is 9.78. The van der Waals surface area contributed by atoms with Gasteiger partial charge in [-0.3, -0.25) is 0 Å². The first-order valence-corrected chi connectivity index (χ1v) is 8.39. The normalized spacial score (nSPS) is 26.6. The molecule has 0 unspecified atom stereocenters. The first-order chi connectivity index (χ1) is 12.1. The third-order valence-corrected chi connectivity index (χ3v) is 5.56. The van der Waals surface area contributed by atoms with Gasteiger partial charge in [0.05, 0.1) is 0 Å². The lowest BCUT2D eigenvalue weighted by molar-refractivity contribution is -0.129. The largest absolute Gasteiger partial charge is 0.387 e. The molecule has 0 heterocycles. The second-order valence-electron chi connectivity index (χ2n) is 6.82.